The molecule has 0 fully saturated rings. The molecule has 0 aliphatic carbocycles. The normalized spacial score (nSPS) is 11.2. The molecule has 0 bridgehead atoms. The minimum absolute atomic E-state index is 0.00830. The van der Waals surface area contributed by atoms with E-state index in [0.29, 0.717) is 23.6 Å². The maximum absolute atomic E-state index is 12.5. The Hall–Kier alpha value is -2.96. The number of H-pyrrole nitrogens is 1. The van der Waals surface area contributed by atoms with E-state index in [-0.39, 0.29) is 17.4 Å². The Morgan fingerprint density at radius 1 is 1.27 bits per heavy atom. The lowest BCUT2D eigenvalue weighted by atomic mass is 9.95. The summed E-state index contributed by atoms with van der Waals surface area (Å²) < 4.78 is 0. The van der Waals surface area contributed by atoms with Gasteiger partial charge in [-0.15, -0.1) is 0 Å². The lowest BCUT2D eigenvalue weighted by Gasteiger charge is -2.18. The number of nitrogens with zero attached hydrogens (tertiary/aromatic N) is 1. The number of amides is 1. The number of hydrogen-bond donors (Lipinski definition) is 3. The van der Waals surface area contributed by atoms with Gasteiger partial charge in [0.05, 0.1) is 5.69 Å². The molecule has 0 atom stereocenters. The Kier molecular flexibility index (Phi) is 5.59. The van der Waals surface area contributed by atoms with Gasteiger partial charge in [-0.1, -0.05) is 32.9 Å². The first-order valence-electron chi connectivity index (χ1n) is 8.31. The van der Waals surface area contributed by atoms with Gasteiger partial charge in [-0.25, -0.2) is 4.98 Å². The third-order valence-electron chi connectivity index (χ3n) is 3.85. The topological polar surface area (TPSA) is 112 Å². The molecule has 2 aromatic rings. The molecule has 0 unspecified atom stereocenters. The van der Waals surface area contributed by atoms with E-state index < -0.39 is 17.4 Å². The van der Waals surface area contributed by atoms with Crippen LogP contribution in [0.4, 0.5) is 5.69 Å². The number of carboxylic acid groups (broad SMARTS) is 1. The van der Waals surface area contributed by atoms with Crippen LogP contribution in [0.5, 0.6) is 0 Å². The molecular formula is C19H23N3O4. The van der Waals surface area contributed by atoms with E-state index in [1.54, 1.807) is 31.2 Å². The molecule has 0 spiro atoms. The molecule has 1 amide bonds. The van der Waals surface area contributed by atoms with Crippen LogP contribution in [-0.2, 0) is 16.6 Å². The lowest BCUT2D eigenvalue weighted by Crippen LogP contribution is -2.30. The Morgan fingerprint density at radius 2 is 1.96 bits per heavy atom. The van der Waals surface area contributed by atoms with Gasteiger partial charge >= 0.3 is 5.97 Å². The number of carbonyl (C=O) groups is 2. The molecular weight excluding hydrogens is 334 g/mol. The number of aromatic amines is 1. The minimum Gasteiger partial charge on any atom is -0.481 e. The molecule has 26 heavy (non-hydrogen) atoms. The summed E-state index contributed by atoms with van der Waals surface area (Å²) in [5.74, 6) is -0.911. The molecule has 0 aliphatic heterocycles. The van der Waals surface area contributed by atoms with Gasteiger partial charge in [-0.2, -0.15) is 0 Å². The van der Waals surface area contributed by atoms with Crippen molar-refractivity contribution in [1.29, 1.82) is 0 Å². The fourth-order valence-electron chi connectivity index (χ4n) is 2.46. The molecule has 3 N–H and O–H groups in total. The number of aryl methyl sites for hydroxylation is 2. The number of nitrogens with one attached hydrogen (secondary N) is 2. The number of carbonyl (C=O) groups excluding carboxylic acids is 1. The van der Waals surface area contributed by atoms with Crippen molar-refractivity contribution in [1.82, 2.24) is 9.97 Å². The minimum atomic E-state index is -0.883. The number of carboxylic acids is 1. The molecule has 0 aliphatic rings. The first-order chi connectivity index (χ1) is 12.1. The van der Waals surface area contributed by atoms with Gasteiger partial charge in [-0.05, 0) is 31.0 Å². The predicted molar refractivity (Wildman–Crippen MR) is 98.6 cm³/mol. The van der Waals surface area contributed by atoms with Gasteiger partial charge in [0.15, 0.2) is 0 Å². The summed E-state index contributed by atoms with van der Waals surface area (Å²) in [4.78, 5) is 42.6. The van der Waals surface area contributed by atoms with Gasteiger partial charge in [0.2, 0.25) is 0 Å². The number of rotatable bonds is 5. The summed E-state index contributed by atoms with van der Waals surface area (Å²) in [6.07, 6.45) is 0.370. The van der Waals surface area contributed by atoms with Crippen LogP contribution in [0.1, 0.15) is 54.6 Å². The van der Waals surface area contributed by atoms with Crippen LogP contribution in [0.25, 0.3) is 0 Å². The van der Waals surface area contributed by atoms with E-state index in [0.717, 1.165) is 5.56 Å². The van der Waals surface area contributed by atoms with E-state index in [4.69, 9.17) is 5.11 Å². The molecule has 7 nitrogen and oxygen atoms in total. The molecule has 0 saturated carbocycles. The monoisotopic (exact) mass is 357 g/mol. The zero-order valence-electron chi connectivity index (χ0n) is 15.3. The number of aliphatic carboxylic acids is 1. The first kappa shape index (κ1) is 19.4. The Labute approximate surface area is 151 Å². The lowest BCUT2D eigenvalue weighted by molar-refractivity contribution is -0.136. The molecule has 2 rings (SSSR count). The van der Waals surface area contributed by atoms with Crippen LogP contribution in [-0.4, -0.2) is 27.0 Å². The largest absolute Gasteiger partial charge is 0.481 e. The van der Waals surface area contributed by atoms with Crippen LogP contribution < -0.4 is 10.9 Å². The Bertz CT molecular complexity index is 894. The molecule has 1 heterocycles. The van der Waals surface area contributed by atoms with Gasteiger partial charge in [-0.3, -0.25) is 14.4 Å². The predicted octanol–water partition coefficient (Wildman–Crippen LogP) is 2.65. The summed E-state index contributed by atoms with van der Waals surface area (Å²) in [5, 5.41) is 11.4. The smallest absolute Gasteiger partial charge is 0.303 e. The Morgan fingerprint density at radius 3 is 2.54 bits per heavy atom. The van der Waals surface area contributed by atoms with E-state index in [9.17, 15) is 14.4 Å². The number of aromatic nitrogens is 2. The third-order valence-corrected chi connectivity index (χ3v) is 3.85. The maximum atomic E-state index is 12.5. The zero-order chi connectivity index (χ0) is 19.5. The van der Waals surface area contributed by atoms with Gasteiger partial charge in [0.1, 0.15) is 11.4 Å². The van der Waals surface area contributed by atoms with Crippen molar-refractivity contribution in [3.8, 4) is 0 Å². The molecule has 138 valence electrons. The van der Waals surface area contributed by atoms with E-state index in [2.05, 4.69) is 15.3 Å². The standard InChI is InChI=1S/C19H23N3O4/c1-11-15(17(26)22-18(20-11)19(2,3)4)16(25)21-13-7-5-6-12(10-13)8-9-14(23)24/h5-7,10H,8-9H2,1-4H3,(H,21,25)(H,23,24)(H,20,22,26). The van der Waals surface area contributed by atoms with Crippen molar-refractivity contribution >= 4 is 17.6 Å². The highest BCUT2D eigenvalue weighted by atomic mass is 16.4. The second-order valence-corrected chi connectivity index (χ2v) is 7.17. The summed E-state index contributed by atoms with van der Waals surface area (Å²) in [7, 11) is 0. The van der Waals surface area contributed by atoms with Gasteiger partial charge < -0.3 is 15.4 Å². The first-order valence-corrected chi connectivity index (χ1v) is 8.31. The molecule has 0 radical (unpaired) electrons. The van der Waals surface area contributed by atoms with Crippen molar-refractivity contribution in [2.45, 2.75) is 46.0 Å². The average molecular weight is 357 g/mol. The van der Waals surface area contributed by atoms with Crippen LogP contribution in [0, 0.1) is 6.92 Å². The van der Waals surface area contributed by atoms with Crippen LogP contribution in [0.15, 0.2) is 29.1 Å². The molecule has 7 heteroatoms. The highest BCUT2D eigenvalue weighted by Gasteiger charge is 2.22. The number of benzene rings is 1. The SMILES string of the molecule is Cc1nc(C(C)(C)C)[nH]c(=O)c1C(=O)Nc1cccc(CCC(=O)O)c1. The second kappa shape index (κ2) is 7.51. The van der Waals surface area contributed by atoms with Crippen molar-refractivity contribution in [2.75, 3.05) is 5.32 Å². The van der Waals surface area contributed by atoms with E-state index in [1.807, 2.05) is 20.8 Å². The Balaban J connectivity index is 2.24. The highest BCUT2D eigenvalue weighted by molar-refractivity contribution is 6.04. The van der Waals surface area contributed by atoms with Gasteiger partial charge in [0, 0.05) is 17.5 Å². The average Bonchev–Trinajstić information content (AvgIpc) is 2.51. The second-order valence-electron chi connectivity index (χ2n) is 7.17. The highest BCUT2D eigenvalue weighted by Crippen LogP contribution is 2.18. The van der Waals surface area contributed by atoms with E-state index >= 15 is 0 Å². The van der Waals surface area contributed by atoms with Crippen molar-refractivity contribution in [2.24, 2.45) is 0 Å². The van der Waals surface area contributed by atoms with Crippen molar-refractivity contribution in [3.05, 3.63) is 57.3 Å². The summed E-state index contributed by atoms with van der Waals surface area (Å²) in [6.45, 7) is 7.40. The molecule has 1 aromatic carbocycles. The zero-order valence-corrected chi connectivity index (χ0v) is 15.3. The maximum Gasteiger partial charge on any atom is 0.303 e. The summed E-state index contributed by atoms with van der Waals surface area (Å²) in [6, 6.07) is 6.89. The van der Waals surface area contributed by atoms with Crippen molar-refractivity contribution < 1.29 is 14.7 Å². The fourth-order valence-corrected chi connectivity index (χ4v) is 2.46. The number of anilines is 1. The molecule has 1 aromatic heterocycles. The summed E-state index contributed by atoms with van der Waals surface area (Å²) in [5.41, 5.74) is 0.792. The summed E-state index contributed by atoms with van der Waals surface area (Å²) >= 11 is 0. The van der Waals surface area contributed by atoms with Gasteiger partial charge in [0.25, 0.3) is 11.5 Å². The van der Waals surface area contributed by atoms with Crippen molar-refractivity contribution in [3.63, 3.8) is 0 Å². The van der Waals surface area contributed by atoms with E-state index in [1.165, 1.54) is 0 Å². The van der Waals surface area contributed by atoms with Crippen LogP contribution in [0.3, 0.4) is 0 Å². The fraction of sp³-hybridized carbons (Fsp3) is 0.368. The van der Waals surface area contributed by atoms with Crippen LogP contribution >= 0.6 is 0 Å². The number of hydrogen-bond acceptors (Lipinski definition) is 4. The van der Waals surface area contributed by atoms with Crippen LogP contribution in [0.2, 0.25) is 0 Å². The molecule has 0 saturated heterocycles. The third kappa shape index (κ3) is 4.78. The quantitative estimate of drug-likeness (QED) is 0.761.